The molecule has 202 valence electrons. The van der Waals surface area contributed by atoms with Gasteiger partial charge in [-0.15, -0.1) is 0 Å². The molecule has 0 spiro atoms. The van der Waals surface area contributed by atoms with Gasteiger partial charge in [-0.2, -0.15) is 0 Å². The number of ether oxygens (including phenoxy) is 2. The average molecular weight is 520 g/mol. The van der Waals surface area contributed by atoms with Crippen molar-refractivity contribution < 1.29 is 14.6 Å². The number of hydrogen-bond acceptors (Lipinski definition) is 6. The lowest BCUT2D eigenvalue weighted by Crippen LogP contribution is -2.41. The van der Waals surface area contributed by atoms with Gasteiger partial charge in [0.25, 0.3) is 5.56 Å². The Morgan fingerprint density at radius 1 is 0.737 bits per heavy atom. The predicted molar refractivity (Wildman–Crippen MR) is 150 cm³/mol. The molecule has 0 unspecified atom stereocenters. The number of rotatable bonds is 9. The molecule has 1 N–H and O–H groups in total. The van der Waals surface area contributed by atoms with Gasteiger partial charge in [0.2, 0.25) is 0 Å². The third kappa shape index (κ3) is 8.18. The van der Waals surface area contributed by atoms with Crippen LogP contribution in [-0.4, -0.2) is 40.6 Å². The normalized spacial score (nSPS) is 9.95. The first-order valence-electron chi connectivity index (χ1n) is 12.5. The van der Waals surface area contributed by atoms with E-state index in [0.29, 0.717) is 25.1 Å². The maximum absolute atomic E-state index is 13.5. The molecule has 0 aliphatic rings. The van der Waals surface area contributed by atoms with Gasteiger partial charge in [0.05, 0.1) is 27.3 Å². The van der Waals surface area contributed by atoms with Crippen LogP contribution in [0.5, 0.6) is 11.5 Å². The summed E-state index contributed by atoms with van der Waals surface area (Å²) in [5.41, 5.74) is 2.89. The minimum atomic E-state index is -0.333. The molecule has 0 amide bonds. The second kappa shape index (κ2) is 15.8. The Kier molecular flexibility index (Phi) is 12.5. The molecule has 2 aromatic heterocycles. The minimum Gasteiger partial charge on any atom is -0.497 e. The zero-order valence-electron chi connectivity index (χ0n) is 22.8. The van der Waals surface area contributed by atoms with E-state index in [-0.39, 0.29) is 17.8 Å². The molecular weight excluding hydrogens is 482 g/mol. The summed E-state index contributed by atoms with van der Waals surface area (Å²) in [6.07, 6.45) is 4.76. The van der Waals surface area contributed by atoms with E-state index in [1.54, 1.807) is 37.2 Å². The summed E-state index contributed by atoms with van der Waals surface area (Å²) < 4.78 is 13.4. The summed E-state index contributed by atoms with van der Waals surface area (Å²) in [7, 11) is 4.21. The standard InChI is InChI=1S/C27H27N3O4.C2H6.CH4O/c1-33-24-11-6-21(7-12-24)18-29-23(10-5-20-4-3-15-28-17-20)16-26(31)30(27(29)32)19-22-8-13-25(34-2)14-9-22;2*1-2/h3-4,6-9,11-17H,5,10,18-19H2,1-2H3;1-2H3;2H,1H3. The Labute approximate surface area is 223 Å². The maximum atomic E-state index is 13.5. The molecule has 0 bridgehead atoms. The molecule has 8 heteroatoms. The van der Waals surface area contributed by atoms with Gasteiger partial charge < -0.3 is 14.6 Å². The fraction of sp³-hybridized carbons (Fsp3) is 0.300. The van der Waals surface area contributed by atoms with Crippen molar-refractivity contribution >= 4 is 0 Å². The zero-order chi connectivity index (χ0) is 27.9. The Bertz CT molecular complexity index is 1350. The van der Waals surface area contributed by atoms with Gasteiger partial charge >= 0.3 is 5.69 Å². The first-order chi connectivity index (χ1) is 18.6. The van der Waals surface area contributed by atoms with Crippen molar-refractivity contribution in [2.45, 2.75) is 39.8 Å². The highest BCUT2D eigenvalue weighted by atomic mass is 16.5. The fourth-order valence-corrected chi connectivity index (χ4v) is 3.83. The molecule has 0 saturated heterocycles. The molecule has 38 heavy (non-hydrogen) atoms. The number of aromatic nitrogens is 3. The van der Waals surface area contributed by atoms with Crippen molar-refractivity contribution in [1.29, 1.82) is 0 Å². The highest BCUT2D eigenvalue weighted by molar-refractivity contribution is 5.29. The second-order valence-electron chi connectivity index (χ2n) is 7.99. The van der Waals surface area contributed by atoms with E-state index < -0.39 is 0 Å². The Hall–Kier alpha value is -4.17. The molecule has 8 nitrogen and oxygen atoms in total. The molecule has 0 aliphatic heterocycles. The number of methoxy groups -OCH3 is 2. The van der Waals surface area contributed by atoms with E-state index in [1.165, 1.54) is 4.57 Å². The van der Waals surface area contributed by atoms with Crippen molar-refractivity contribution in [1.82, 2.24) is 14.1 Å². The zero-order valence-corrected chi connectivity index (χ0v) is 22.8. The van der Waals surface area contributed by atoms with Crippen LogP contribution >= 0.6 is 0 Å². The van der Waals surface area contributed by atoms with Crippen LogP contribution in [0.1, 0.15) is 36.2 Å². The summed E-state index contributed by atoms with van der Waals surface area (Å²) in [5, 5.41) is 7.00. The molecule has 4 aromatic rings. The van der Waals surface area contributed by atoms with Gasteiger partial charge in [-0.05, 0) is 59.9 Å². The van der Waals surface area contributed by atoms with Crippen molar-refractivity contribution in [2.24, 2.45) is 0 Å². The van der Waals surface area contributed by atoms with Gasteiger partial charge in [0.15, 0.2) is 0 Å². The summed E-state index contributed by atoms with van der Waals surface area (Å²) >= 11 is 0. The lowest BCUT2D eigenvalue weighted by atomic mass is 10.1. The summed E-state index contributed by atoms with van der Waals surface area (Å²) in [6, 6.07) is 20.4. The average Bonchev–Trinajstić information content (AvgIpc) is 2.99. The monoisotopic (exact) mass is 519 g/mol. The van der Waals surface area contributed by atoms with Crippen molar-refractivity contribution in [3.8, 4) is 11.5 Å². The van der Waals surface area contributed by atoms with E-state index in [1.807, 2.05) is 74.5 Å². The summed E-state index contributed by atoms with van der Waals surface area (Å²) in [6.45, 7) is 4.54. The Morgan fingerprint density at radius 2 is 1.26 bits per heavy atom. The van der Waals surface area contributed by atoms with E-state index in [4.69, 9.17) is 14.6 Å². The topological polar surface area (TPSA) is 95.6 Å². The first kappa shape index (κ1) is 30.1. The third-order valence-electron chi connectivity index (χ3n) is 5.76. The van der Waals surface area contributed by atoms with Crippen LogP contribution in [0.3, 0.4) is 0 Å². The van der Waals surface area contributed by atoms with E-state index >= 15 is 0 Å². The maximum Gasteiger partial charge on any atom is 0.331 e. The Morgan fingerprint density at radius 3 is 1.74 bits per heavy atom. The molecule has 4 rings (SSSR count). The number of aliphatic hydroxyl groups excluding tert-OH is 1. The van der Waals surface area contributed by atoms with Crippen LogP contribution in [-0.2, 0) is 25.9 Å². The van der Waals surface area contributed by atoms with Crippen molar-refractivity contribution in [3.05, 3.63) is 122 Å². The van der Waals surface area contributed by atoms with E-state index in [9.17, 15) is 9.59 Å². The molecule has 2 aromatic carbocycles. The van der Waals surface area contributed by atoms with Crippen LogP contribution in [0.15, 0.2) is 88.7 Å². The number of nitrogens with zero attached hydrogens (tertiary/aromatic N) is 3. The quantitative estimate of drug-likeness (QED) is 0.360. The largest absolute Gasteiger partial charge is 0.497 e. The summed E-state index contributed by atoms with van der Waals surface area (Å²) in [5.74, 6) is 1.47. The van der Waals surface area contributed by atoms with E-state index in [0.717, 1.165) is 35.3 Å². The molecular formula is C30H37N3O5. The van der Waals surface area contributed by atoms with E-state index in [2.05, 4.69) is 4.98 Å². The van der Waals surface area contributed by atoms with Crippen LogP contribution in [0.2, 0.25) is 0 Å². The summed E-state index contributed by atoms with van der Waals surface area (Å²) in [4.78, 5) is 30.7. The fourth-order valence-electron chi connectivity index (χ4n) is 3.83. The molecule has 0 fully saturated rings. The SMILES string of the molecule is CC.CO.COc1ccc(Cn2c(CCc3cccnc3)cc(=O)n(Cc3ccc(OC)cc3)c2=O)cc1. The lowest BCUT2D eigenvalue weighted by Gasteiger charge is -2.16. The highest BCUT2D eigenvalue weighted by Gasteiger charge is 2.13. The van der Waals surface area contributed by atoms with Gasteiger partial charge in [-0.3, -0.25) is 18.9 Å². The predicted octanol–water partition coefficient (Wildman–Crippen LogP) is 3.94. The minimum absolute atomic E-state index is 0.188. The lowest BCUT2D eigenvalue weighted by molar-refractivity contribution is 0.399. The number of benzene rings is 2. The third-order valence-corrected chi connectivity index (χ3v) is 5.76. The molecule has 0 radical (unpaired) electrons. The van der Waals surface area contributed by atoms with Crippen LogP contribution in [0, 0.1) is 0 Å². The van der Waals surface area contributed by atoms with Gasteiger partial charge in [-0.1, -0.05) is 44.2 Å². The highest BCUT2D eigenvalue weighted by Crippen LogP contribution is 2.14. The van der Waals surface area contributed by atoms with Crippen molar-refractivity contribution in [3.63, 3.8) is 0 Å². The van der Waals surface area contributed by atoms with Gasteiger partial charge in [0.1, 0.15) is 11.5 Å². The van der Waals surface area contributed by atoms with Crippen LogP contribution in [0.25, 0.3) is 0 Å². The number of aryl methyl sites for hydroxylation is 2. The number of pyridine rings is 1. The molecule has 0 aliphatic carbocycles. The second-order valence-corrected chi connectivity index (χ2v) is 7.99. The number of hydrogen-bond donors (Lipinski definition) is 1. The van der Waals surface area contributed by atoms with Crippen LogP contribution < -0.4 is 20.7 Å². The smallest absolute Gasteiger partial charge is 0.331 e. The van der Waals surface area contributed by atoms with Crippen molar-refractivity contribution in [2.75, 3.05) is 21.3 Å². The number of aliphatic hydroxyl groups is 1. The molecule has 2 heterocycles. The molecule has 0 atom stereocenters. The Balaban J connectivity index is 0.00000121. The first-order valence-corrected chi connectivity index (χ1v) is 12.5. The molecule has 0 saturated carbocycles. The van der Waals surface area contributed by atoms with Gasteiger partial charge in [0, 0.05) is 31.3 Å². The van der Waals surface area contributed by atoms with Gasteiger partial charge in [-0.25, -0.2) is 4.79 Å². The van der Waals surface area contributed by atoms with Crippen LogP contribution in [0.4, 0.5) is 0 Å².